The lowest BCUT2D eigenvalue weighted by molar-refractivity contribution is -0.122. The van der Waals surface area contributed by atoms with Crippen LogP contribution in [0.15, 0.2) is 66.2 Å². The van der Waals surface area contributed by atoms with Crippen LogP contribution < -0.4 is 24.4 Å². The number of carbonyl (C=O) groups is 3. The van der Waals surface area contributed by atoms with E-state index < -0.39 is 17.8 Å². The number of urea groups is 1. The highest BCUT2D eigenvalue weighted by Crippen LogP contribution is 2.30. The normalized spacial score (nSPS) is 14.4. The predicted molar refractivity (Wildman–Crippen MR) is 149 cm³/mol. The third-order valence-corrected chi connectivity index (χ3v) is 6.16. The van der Waals surface area contributed by atoms with E-state index in [1.54, 1.807) is 49.6 Å². The average Bonchev–Trinajstić information content (AvgIpc) is 2.90. The van der Waals surface area contributed by atoms with Crippen molar-refractivity contribution in [3.05, 3.63) is 88.5 Å². The van der Waals surface area contributed by atoms with E-state index in [1.165, 1.54) is 6.08 Å². The number of imide groups is 2. The van der Waals surface area contributed by atoms with Gasteiger partial charge in [0.15, 0.2) is 0 Å². The average molecular weight is 529 g/mol. The van der Waals surface area contributed by atoms with Crippen LogP contribution in [-0.4, -0.2) is 31.6 Å². The summed E-state index contributed by atoms with van der Waals surface area (Å²) in [4.78, 5) is 39.7. The van der Waals surface area contributed by atoms with Crippen LogP contribution in [0, 0.1) is 13.8 Å². The van der Waals surface area contributed by atoms with E-state index in [4.69, 9.17) is 14.2 Å². The zero-order valence-corrected chi connectivity index (χ0v) is 22.6. The third-order valence-electron chi connectivity index (χ3n) is 6.16. The molecule has 1 N–H and O–H groups in total. The molecule has 0 radical (unpaired) electrons. The highest BCUT2D eigenvalue weighted by molar-refractivity contribution is 6.39. The number of benzene rings is 3. The third kappa shape index (κ3) is 6.65. The maximum Gasteiger partial charge on any atom is 0.335 e. The minimum Gasteiger partial charge on any atom is -0.497 e. The van der Waals surface area contributed by atoms with Crippen LogP contribution in [-0.2, 0) is 16.2 Å². The highest BCUT2D eigenvalue weighted by atomic mass is 16.5. The fourth-order valence-electron chi connectivity index (χ4n) is 4.27. The molecule has 202 valence electrons. The molecule has 39 heavy (non-hydrogen) atoms. The van der Waals surface area contributed by atoms with Crippen LogP contribution in [0.5, 0.6) is 17.2 Å². The number of methoxy groups -OCH3 is 1. The molecule has 4 amide bonds. The molecule has 3 aromatic carbocycles. The lowest BCUT2D eigenvalue weighted by Crippen LogP contribution is -2.54. The molecule has 0 atom stereocenters. The molecule has 1 saturated heterocycles. The number of nitrogens with zero attached hydrogens (tertiary/aromatic N) is 1. The molecule has 8 nitrogen and oxygen atoms in total. The van der Waals surface area contributed by atoms with Gasteiger partial charge in [0, 0.05) is 11.6 Å². The van der Waals surface area contributed by atoms with Crippen molar-refractivity contribution in [2.45, 2.75) is 40.2 Å². The van der Waals surface area contributed by atoms with Crippen molar-refractivity contribution in [1.29, 1.82) is 0 Å². The molecule has 1 aliphatic heterocycles. The van der Waals surface area contributed by atoms with Gasteiger partial charge < -0.3 is 14.2 Å². The Morgan fingerprint density at radius 3 is 2.23 bits per heavy atom. The van der Waals surface area contributed by atoms with Gasteiger partial charge in [-0.2, -0.15) is 0 Å². The fraction of sp³-hybridized carbons (Fsp3) is 0.258. The van der Waals surface area contributed by atoms with Crippen molar-refractivity contribution in [2.75, 3.05) is 18.6 Å². The molecule has 0 saturated carbocycles. The van der Waals surface area contributed by atoms with Gasteiger partial charge in [0.25, 0.3) is 11.8 Å². The largest absolute Gasteiger partial charge is 0.497 e. The quantitative estimate of drug-likeness (QED) is 0.205. The summed E-state index contributed by atoms with van der Waals surface area (Å²) in [5.74, 6) is 0.104. The Bertz CT molecular complexity index is 1390. The molecule has 8 heteroatoms. The molecule has 1 fully saturated rings. The van der Waals surface area contributed by atoms with E-state index in [0.29, 0.717) is 35.1 Å². The number of anilines is 1. The molecule has 0 bridgehead atoms. The summed E-state index contributed by atoms with van der Waals surface area (Å²) in [5, 5.41) is 2.26. The Morgan fingerprint density at radius 2 is 1.56 bits per heavy atom. The maximum atomic E-state index is 13.4. The number of amides is 4. The lowest BCUT2D eigenvalue weighted by Gasteiger charge is -2.26. The van der Waals surface area contributed by atoms with E-state index >= 15 is 0 Å². The molecule has 0 unspecified atom stereocenters. The zero-order valence-electron chi connectivity index (χ0n) is 22.6. The first kappa shape index (κ1) is 27.4. The van der Waals surface area contributed by atoms with Crippen molar-refractivity contribution in [1.82, 2.24) is 5.32 Å². The van der Waals surface area contributed by atoms with Crippen molar-refractivity contribution in [3.63, 3.8) is 0 Å². The smallest absolute Gasteiger partial charge is 0.335 e. The topological polar surface area (TPSA) is 94.2 Å². The Kier molecular flexibility index (Phi) is 8.66. The molecule has 3 aromatic rings. The summed E-state index contributed by atoms with van der Waals surface area (Å²) in [5.41, 5.74) is 3.85. The van der Waals surface area contributed by atoms with Crippen LogP contribution in [0.3, 0.4) is 0 Å². The molecule has 0 spiro atoms. The van der Waals surface area contributed by atoms with E-state index in [0.717, 1.165) is 34.4 Å². The van der Waals surface area contributed by atoms with Gasteiger partial charge in [-0.15, -0.1) is 0 Å². The minimum atomic E-state index is -0.817. The van der Waals surface area contributed by atoms with Crippen LogP contribution in [0.25, 0.3) is 6.08 Å². The highest BCUT2D eigenvalue weighted by Gasteiger charge is 2.37. The standard InChI is InChI=1S/C31H32N2O6/c1-5-6-13-38-25-11-8-24(9-12-25)33-30(35)27(29(34)32-31(33)36)17-23-7-10-26(37-4)18-28(23)39-19-22-15-20(2)14-21(3)16-22/h7-12,14-18H,5-6,13,19H2,1-4H3,(H,32,34,36)/b27-17-. The second-order valence-corrected chi connectivity index (χ2v) is 9.34. The van der Waals surface area contributed by atoms with Crippen molar-refractivity contribution in [3.8, 4) is 17.2 Å². The maximum absolute atomic E-state index is 13.4. The van der Waals surface area contributed by atoms with E-state index in [1.807, 2.05) is 26.0 Å². The van der Waals surface area contributed by atoms with E-state index in [9.17, 15) is 14.4 Å². The molecule has 1 heterocycles. The lowest BCUT2D eigenvalue weighted by atomic mass is 10.1. The number of barbiturate groups is 1. The van der Waals surface area contributed by atoms with Gasteiger partial charge in [0.2, 0.25) is 0 Å². The second kappa shape index (κ2) is 12.3. The molecular weight excluding hydrogens is 496 g/mol. The molecule has 0 aliphatic carbocycles. The van der Waals surface area contributed by atoms with Crippen molar-refractivity contribution in [2.24, 2.45) is 0 Å². The number of ether oxygens (including phenoxy) is 3. The summed E-state index contributed by atoms with van der Waals surface area (Å²) >= 11 is 0. The Labute approximate surface area is 228 Å². The van der Waals surface area contributed by atoms with Crippen LogP contribution in [0.4, 0.5) is 10.5 Å². The van der Waals surface area contributed by atoms with Crippen molar-refractivity contribution < 1.29 is 28.6 Å². The minimum absolute atomic E-state index is 0.195. The number of hydrogen-bond donors (Lipinski definition) is 1. The summed E-state index contributed by atoms with van der Waals surface area (Å²) in [6.45, 7) is 6.97. The first-order valence-electron chi connectivity index (χ1n) is 12.8. The number of carbonyl (C=O) groups excluding carboxylic acids is 3. The van der Waals surface area contributed by atoms with E-state index in [-0.39, 0.29) is 12.2 Å². The SMILES string of the molecule is CCCCOc1ccc(N2C(=O)NC(=O)/C(=C/c3ccc(OC)cc3OCc3cc(C)cc(C)c3)C2=O)cc1. The Morgan fingerprint density at radius 1 is 0.872 bits per heavy atom. The number of nitrogens with one attached hydrogen (secondary N) is 1. The van der Waals surface area contributed by atoms with Crippen LogP contribution >= 0.6 is 0 Å². The zero-order chi connectivity index (χ0) is 27.9. The van der Waals surface area contributed by atoms with Gasteiger partial charge in [-0.1, -0.05) is 42.7 Å². The van der Waals surface area contributed by atoms with E-state index in [2.05, 4.69) is 18.3 Å². The van der Waals surface area contributed by atoms with Gasteiger partial charge >= 0.3 is 6.03 Å². The number of aryl methyl sites for hydroxylation is 2. The fourth-order valence-corrected chi connectivity index (χ4v) is 4.27. The predicted octanol–water partition coefficient (Wildman–Crippen LogP) is 5.74. The molecule has 4 rings (SSSR count). The van der Waals surface area contributed by atoms with Gasteiger partial charge in [0.1, 0.15) is 29.4 Å². The number of rotatable bonds is 10. The molecular formula is C31H32N2O6. The first-order valence-corrected chi connectivity index (χ1v) is 12.8. The monoisotopic (exact) mass is 528 g/mol. The van der Waals surface area contributed by atoms with Crippen LogP contribution in [0.2, 0.25) is 0 Å². The molecule has 1 aliphatic rings. The summed E-state index contributed by atoms with van der Waals surface area (Å²) in [6.07, 6.45) is 3.36. The summed E-state index contributed by atoms with van der Waals surface area (Å²) in [7, 11) is 1.54. The van der Waals surface area contributed by atoms with Gasteiger partial charge in [-0.05, 0) is 68.3 Å². The Hall–Kier alpha value is -4.59. The Balaban J connectivity index is 1.61. The van der Waals surface area contributed by atoms with Crippen LogP contribution in [0.1, 0.15) is 42.0 Å². The molecule has 0 aromatic heterocycles. The first-order chi connectivity index (χ1) is 18.8. The summed E-state index contributed by atoms with van der Waals surface area (Å²) in [6, 6.07) is 17.0. The summed E-state index contributed by atoms with van der Waals surface area (Å²) < 4.78 is 17.1. The number of unbranched alkanes of at least 4 members (excludes halogenated alkanes) is 1. The van der Waals surface area contributed by atoms with Gasteiger partial charge in [-0.3, -0.25) is 14.9 Å². The van der Waals surface area contributed by atoms with Gasteiger partial charge in [0.05, 0.1) is 19.4 Å². The number of hydrogen-bond acceptors (Lipinski definition) is 6. The second-order valence-electron chi connectivity index (χ2n) is 9.34. The van der Waals surface area contributed by atoms with Crippen molar-refractivity contribution >= 4 is 29.6 Å². The van der Waals surface area contributed by atoms with Gasteiger partial charge in [-0.25, -0.2) is 9.69 Å².